The molecule has 1 atom stereocenters. The third-order valence-electron chi connectivity index (χ3n) is 6.15. The fourth-order valence-electron chi connectivity index (χ4n) is 4.03. The monoisotopic (exact) mass is 506 g/mol. The van der Waals surface area contributed by atoms with Crippen molar-refractivity contribution < 1.29 is 19.1 Å². The molecule has 0 aromatic heterocycles. The van der Waals surface area contributed by atoms with Crippen molar-refractivity contribution in [2.45, 2.75) is 65.4 Å². The molecule has 0 N–H and O–H groups in total. The number of halogens is 1. The molecule has 0 radical (unpaired) electrons. The maximum absolute atomic E-state index is 12.1. The van der Waals surface area contributed by atoms with Gasteiger partial charge in [0.1, 0.15) is 0 Å². The summed E-state index contributed by atoms with van der Waals surface area (Å²) in [5, 5.41) is 0.599. The fraction of sp³-hybridized carbons (Fsp3) is 0.355. The molecule has 0 heterocycles. The first-order chi connectivity index (χ1) is 17.4. The van der Waals surface area contributed by atoms with Crippen molar-refractivity contribution in [1.82, 2.24) is 0 Å². The number of carbonyl (C=O) groups excluding carboxylic acids is 2. The normalized spacial score (nSPS) is 11.7. The van der Waals surface area contributed by atoms with Crippen LogP contribution in [0.5, 0.6) is 0 Å². The molecule has 0 spiro atoms. The van der Waals surface area contributed by atoms with Crippen LogP contribution in [0.15, 0.2) is 66.7 Å². The van der Waals surface area contributed by atoms with E-state index in [2.05, 4.69) is 55.5 Å². The van der Waals surface area contributed by atoms with Gasteiger partial charge in [0.2, 0.25) is 0 Å². The second-order valence-corrected chi connectivity index (χ2v) is 9.33. The molecule has 3 aromatic carbocycles. The SMILES string of the molecule is CCCCCc1ccc(-c2ccc(-c3ccc(CCC(=O)OC(C)C(=O)OCC)c(Cl)c3)cc2)cc1. The van der Waals surface area contributed by atoms with Gasteiger partial charge in [-0.05, 0) is 72.6 Å². The maximum atomic E-state index is 12.1. The quantitative estimate of drug-likeness (QED) is 0.185. The van der Waals surface area contributed by atoms with Crippen LogP contribution < -0.4 is 0 Å². The third-order valence-corrected chi connectivity index (χ3v) is 6.50. The minimum Gasteiger partial charge on any atom is -0.463 e. The highest BCUT2D eigenvalue weighted by molar-refractivity contribution is 6.31. The first kappa shape index (κ1) is 27.5. The number of unbranched alkanes of at least 4 members (excludes halogenated alkanes) is 2. The van der Waals surface area contributed by atoms with Crippen molar-refractivity contribution in [3.63, 3.8) is 0 Å². The van der Waals surface area contributed by atoms with Gasteiger partial charge >= 0.3 is 11.9 Å². The van der Waals surface area contributed by atoms with Crippen molar-refractivity contribution in [2.24, 2.45) is 0 Å². The minimum atomic E-state index is -0.915. The van der Waals surface area contributed by atoms with E-state index in [1.165, 1.54) is 42.9 Å². The molecule has 3 aromatic rings. The third kappa shape index (κ3) is 7.96. The van der Waals surface area contributed by atoms with Crippen LogP contribution >= 0.6 is 11.6 Å². The van der Waals surface area contributed by atoms with Gasteiger partial charge in [-0.15, -0.1) is 0 Å². The molecule has 190 valence electrons. The number of hydrogen-bond acceptors (Lipinski definition) is 4. The topological polar surface area (TPSA) is 52.6 Å². The predicted molar refractivity (Wildman–Crippen MR) is 146 cm³/mol. The summed E-state index contributed by atoms with van der Waals surface area (Å²) in [5.41, 5.74) is 6.72. The molecule has 0 fully saturated rings. The summed E-state index contributed by atoms with van der Waals surface area (Å²) in [4.78, 5) is 23.7. The van der Waals surface area contributed by atoms with Gasteiger partial charge in [0.25, 0.3) is 0 Å². The summed E-state index contributed by atoms with van der Waals surface area (Å²) >= 11 is 6.52. The van der Waals surface area contributed by atoms with Gasteiger partial charge < -0.3 is 9.47 Å². The van der Waals surface area contributed by atoms with Crippen molar-refractivity contribution in [1.29, 1.82) is 0 Å². The van der Waals surface area contributed by atoms with E-state index in [0.29, 0.717) is 11.4 Å². The van der Waals surface area contributed by atoms with Gasteiger partial charge in [0.05, 0.1) is 6.61 Å². The van der Waals surface area contributed by atoms with Gasteiger partial charge in [-0.25, -0.2) is 4.79 Å². The molecule has 4 nitrogen and oxygen atoms in total. The largest absolute Gasteiger partial charge is 0.463 e. The Labute approximate surface area is 219 Å². The summed E-state index contributed by atoms with van der Waals surface area (Å²) in [7, 11) is 0. The lowest BCUT2D eigenvalue weighted by atomic mass is 9.97. The van der Waals surface area contributed by atoms with Gasteiger partial charge in [-0.1, -0.05) is 92.0 Å². The molecule has 0 bridgehead atoms. The second kappa shape index (κ2) is 13.8. The Bertz CT molecular complexity index is 1140. The Morgan fingerprint density at radius 1 is 0.806 bits per heavy atom. The van der Waals surface area contributed by atoms with Crippen molar-refractivity contribution in [3.05, 3.63) is 82.9 Å². The summed E-state index contributed by atoms with van der Waals surface area (Å²) in [6.45, 7) is 5.69. The minimum absolute atomic E-state index is 0.134. The van der Waals surface area contributed by atoms with Crippen LogP contribution in [0.2, 0.25) is 5.02 Å². The molecular weight excluding hydrogens is 472 g/mol. The average molecular weight is 507 g/mol. The Morgan fingerprint density at radius 3 is 1.97 bits per heavy atom. The lowest BCUT2D eigenvalue weighted by Gasteiger charge is -2.12. The summed E-state index contributed by atoms with van der Waals surface area (Å²) in [6, 6.07) is 23.2. The highest BCUT2D eigenvalue weighted by Gasteiger charge is 2.19. The van der Waals surface area contributed by atoms with Gasteiger partial charge in [0.15, 0.2) is 6.10 Å². The van der Waals surface area contributed by atoms with E-state index >= 15 is 0 Å². The zero-order chi connectivity index (χ0) is 25.9. The number of rotatable bonds is 12. The van der Waals surface area contributed by atoms with E-state index in [1.54, 1.807) is 6.92 Å². The number of hydrogen-bond donors (Lipinski definition) is 0. The molecule has 5 heteroatoms. The van der Waals surface area contributed by atoms with E-state index in [9.17, 15) is 9.59 Å². The molecule has 0 saturated carbocycles. The lowest BCUT2D eigenvalue weighted by molar-refractivity contribution is -0.166. The van der Waals surface area contributed by atoms with E-state index < -0.39 is 18.0 Å². The molecule has 0 aliphatic heterocycles. The van der Waals surface area contributed by atoms with Crippen LogP contribution in [0, 0.1) is 0 Å². The number of carbonyl (C=O) groups is 2. The molecule has 0 aliphatic rings. The summed E-state index contributed by atoms with van der Waals surface area (Å²) < 4.78 is 10.00. The number of aryl methyl sites for hydroxylation is 2. The second-order valence-electron chi connectivity index (χ2n) is 8.92. The lowest BCUT2D eigenvalue weighted by Crippen LogP contribution is -2.26. The highest BCUT2D eigenvalue weighted by atomic mass is 35.5. The van der Waals surface area contributed by atoms with Gasteiger partial charge in [0, 0.05) is 11.4 Å². The molecule has 0 aliphatic carbocycles. The fourth-order valence-corrected chi connectivity index (χ4v) is 4.30. The van der Waals surface area contributed by atoms with E-state index in [4.69, 9.17) is 21.1 Å². The molecule has 3 rings (SSSR count). The molecule has 36 heavy (non-hydrogen) atoms. The smallest absolute Gasteiger partial charge is 0.347 e. The van der Waals surface area contributed by atoms with Crippen LogP contribution in [-0.2, 0) is 31.9 Å². The molecule has 0 saturated heterocycles. The van der Waals surface area contributed by atoms with Crippen LogP contribution in [0.3, 0.4) is 0 Å². The number of esters is 2. The van der Waals surface area contributed by atoms with Crippen LogP contribution in [-0.4, -0.2) is 24.6 Å². The Hall–Kier alpha value is -3.11. The Kier molecular flexibility index (Phi) is 10.6. The number of ether oxygens (including phenoxy) is 2. The average Bonchev–Trinajstić information content (AvgIpc) is 2.89. The van der Waals surface area contributed by atoms with Crippen LogP contribution in [0.4, 0.5) is 0 Å². The standard InChI is InChI=1S/C31H35ClO4/c1-4-6-7-8-23-9-11-24(12-10-23)25-13-15-26(16-14-25)28-18-17-27(29(32)21-28)19-20-30(33)36-22(3)31(34)35-5-2/h9-18,21-22H,4-8,19-20H2,1-3H3. The van der Waals surface area contributed by atoms with Crippen molar-refractivity contribution in [3.8, 4) is 22.3 Å². The molecule has 0 amide bonds. The zero-order valence-electron chi connectivity index (χ0n) is 21.4. The highest BCUT2D eigenvalue weighted by Crippen LogP contribution is 2.29. The van der Waals surface area contributed by atoms with Gasteiger partial charge in [-0.2, -0.15) is 0 Å². The van der Waals surface area contributed by atoms with Gasteiger partial charge in [-0.3, -0.25) is 4.79 Å². The summed E-state index contributed by atoms with van der Waals surface area (Å²) in [5.74, 6) is -1.00. The van der Waals surface area contributed by atoms with Crippen LogP contribution in [0.25, 0.3) is 22.3 Å². The number of benzene rings is 3. The van der Waals surface area contributed by atoms with E-state index in [0.717, 1.165) is 23.1 Å². The van der Waals surface area contributed by atoms with Crippen molar-refractivity contribution >= 4 is 23.5 Å². The van der Waals surface area contributed by atoms with Crippen molar-refractivity contribution in [2.75, 3.05) is 6.61 Å². The summed E-state index contributed by atoms with van der Waals surface area (Å²) in [6.07, 6.45) is 4.54. The van der Waals surface area contributed by atoms with E-state index in [1.807, 2.05) is 18.2 Å². The molecular formula is C31H35ClO4. The first-order valence-electron chi connectivity index (χ1n) is 12.8. The maximum Gasteiger partial charge on any atom is 0.347 e. The molecule has 1 unspecified atom stereocenters. The van der Waals surface area contributed by atoms with Crippen LogP contribution in [0.1, 0.15) is 57.6 Å². The Morgan fingerprint density at radius 2 is 1.39 bits per heavy atom. The zero-order valence-corrected chi connectivity index (χ0v) is 22.1. The first-order valence-corrected chi connectivity index (χ1v) is 13.1. The predicted octanol–water partition coefficient (Wildman–Crippen LogP) is 7.83. The van der Waals surface area contributed by atoms with E-state index in [-0.39, 0.29) is 13.0 Å². The Balaban J connectivity index is 1.58.